The molecule has 0 aliphatic rings. The van der Waals surface area contributed by atoms with E-state index in [0.717, 1.165) is 24.6 Å². The molecule has 156 valence electrons. The molecule has 0 unspecified atom stereocenters. The molecule has 0 aliphatic carbocycles. The van der Waals surface area contributed by atoms with E-state index in [4.69, 9.17) is 0 Å². The Morgan fingerprint density at radius 1 is 1.00 bits per heavy atom. The summed E-state index contributed by atoms with van der Waals surface area (Å²) in [6.45, 7) is 0.515. The maximum Gasteiger partial charge on any atom is 0.256 e. The minimum absolute atomic E-state index is 0.0329. The summed E-state index contributed by atoms with van der Waals surface area (Å²) in [6.07, 6.45) is 0. The molecule has 4 rings (SSSR count). The Bertz CT molecular complexity index is 1230. The standard InChI is InChI=1S/C23H18BrN3O2S2/c24-18-9-5-4-8-17(18)22(29)26-16-10-11-19-20(12-16)31-23(27-19)30-14-21(28)25-13-15-6-2-1-3-7-15/h1-12H,13-14H2,(H,25,28)(H,26,29). The fourth-order valence-corrected chi connectivity index (χ4v) is 5.26. The fraction of sp³-hybridized carbons (Fsp3) is 0.0870. The highest BCUT2D eigenvalue weighted by molar-refractivity contribution is 9.10. The summed E-state index contributed by atoms with van der Waals surface area (Å²) in [6, 6.07) is 22.7. The lowest BCUT2D eigenvalue weighted by Crippen LogP contribution is -2.24. The van der Waals surface area contributed by atoms with Gasteiger partial charge in [-0.3, -0.25) is 9.59 Å². The number of carbonyl (C=O) groups is 2. The van der Waals surface area contributed by atoms with Gasteiger partial charge in [0.25, 0.3) is 5.91 Å². The Hall–Kier alpha value is -2.68. The van der Waals surface area contributed by atoms with Crippen molar-refractivity contribution in [3.63, 3.8) is 0 Å². The van der Waals surface area contributed by atoms with Crippen LogP contribution in [0, 0.1) is 0 Å². The maximum atomic E-state index is 12.5. The molecule has 0 bridgehead atoms. The zero-order chi connectivity index (χ0) is 21.6. The van der Waals surface area contributed by atoms with E-state index in [1.54, 1.807) is 6.07 Å². The molecule has 0 fully saturated rings. The molecule has 1 heterocycles. The van der Waals surface area contributed by atoms with Crippen molar-refractivity contribution < 1.29 is 9.59 Å². The van der Waals surface area contributed by atoms with Gasteiger partial charge in [0.05, 0.1) is 21.5 Å². The maximum absolute atomic E-state index is 12.5. The first-order valence-corrected chi connectivity index (χ1v) is 12.1. The minimum Gasteiger partial charge on any atom is -0.351 e. The van der Waals surface area contributed by atoms with Crippen LogP contribution in [-0.2, 0) is 11.3 Å². The number of thioether (sulfide) groups is 1. The van der Waals surface area contributed by atoms with E-state index in [0.29, 0.717) is 23.5 Å². The molecule has 0 saturated carbocycles. The van der Waals surface area contributed by atoms with Crippen molar-refractivity contribution in [2.24, 2.45) is 0 Å². The number of rotatable bonds is 7. The fourth-order valence-electron chi connectivity index (χ4n) is 2.86. The number of nitrogens with one attached hydrogen (secondary N) is 2. The molecule has 4 aromatic rings. The van der Waals surface area contributed by atoms with Crippen LogP contribution in [0.15, 0.2) is 81.6 Å². The first kappa shape index (κ1) is 21.5. The van der Waals surface area contributed by atoms with Crippen LogP contribution in [0.1, 0.15) is 15.9 Å². The summed E-state index contributed by atoms with van der Waals surface area (Å²) < 4.78 is 2.52. The lowest BCUT2D eigenvalue weighted by Gasteiger charge is -2.06. The summed E-state index contributed by atoms with van der Waals surface area (Å²) in [7, 11) is 0. The van der Waals surface area contributed by atoms with Crippen molar-refractivity contribution in [3.8, 4) is 0 Å². The van der Waals surface area contributed by atoms with Crippen LogP contribution in [0.3, 0.4) is 0 Å². The van der Waals surface area contributed by atoms with Gasteiger partial charge in [-0.05, 0) is 51.8 Å². The molecular formula is C23H18BrN3O2S2. The molecule has 0 saturated heterocycles. The van der Waals surface area contributed by atoms with Gasteiger partial charge < -0.3 is 10.6 Å². The van der Waals surface area contributed by atoms with Gasteiger partial charge >= 0.3 is 0 Å². The van der Waals surface area contributed by atoms with Gasteiger partial charge in [-0.2, -0.15) is 0 Å². The summed E-state index contributed by atoms with van der Waals surface area (Å²) >= 11 is 6.32. The molecule has 1 aromatic heterocycles. The number of nitrogens with zero attached hydrogens (tertiary/aromatic N) is 1. The number of benzene rings is 3. The summed E-state index contributed by atoms with van der Waals surface area (Å²) in [5, 5.41) is 5.84. The molecule has 2 amide bonds. The van der Waals surface area contributed by atoms with Gasteiger partial charge in [-0.15, -0.1) is 11.3 Å². The van der Waals surface area contributed by atoms with Crippen LogP contribution < -0.4 is 10.6 Å². The predicted octanol–water partition coefficient (Wildman–Crippen LogP) is 5.72. The molecule has 31 heavy (non-hydrogen) atoms. The van der Waals surface area contributed by atoms with Crippen molar-refractivity contribution in [2.75, 3.05) is 11.1 Å². The SMILES string of the molecule is O=C(CSc1nc2ccc(NC(=O)c3ccccc3Br)cc2s1)NCc1ccccc1. The van der Waals surface area contributed by atoms with E-state index in [2.05, 4.69) is 31.5 Å². The van der Waals surface area contributed by atoms with Gasteiger partial charge in [-0.1, -0.05) is 54.2 Å². The Kier molecular flexibility index (Phi) is 7.01. The third-order valence-electron chi connectivity index (χ3n) is 4.40. The van der Waals surface area contributed by atoms with Crippen LogP contribution in [0.25, 0.3) is 10.2 Å². The Labute approximate surface area is 196 Å². The highest BCUT2D eigenvalue weighted by atomic mass is 79.9. The van der Waals surface area contributed by atoms with Crippen molar-refractivity contribution in [2.45, 2.75) is 10.9 Å². The van der Waals surface area contributed by atoms with E-state index in [9.17, 15) is 9.59 Å². The number of carbonyl (C=O) groups excluding carboxylic acids is 2. The molecule has 0 aliphatic heterocycles. The second-order valence-corrected chi connectivity index (χ2v) is 9.75. The third-order valence-corrected chi connectivity index (χ3v) is 7.26. The Morgan fingerprint density at radius 2 is 1.77 bits per heavy atom. The van der Waals surface area contributed by atoms with Crippen LogP contribution in [0.5, 0.6) is 0 Å². The number of amides is 2. The molecule has 5 nitrogen and oxygen atoms in total. The lowest BCUT2D eigenvalue weighted by atomic mass is 10.2. The molecule has 0 spiro atoms. The smallest absolute Gasteiger partial charge is 0.256 e. The molecule has 2 N–H and O–H groups in total. The Balaban J connectivity index is 1.35. The summed E-state index contributed by atoms with van der Waals surface area (Å²) in [5.41, 5.74) is 3.19. The van der Waals surface area contributed by atoms with Gasteiger partial charge in [0, 0.05) is 16.7 Å². The first-order valence-electron chi connectivity index (χ1n) is 9.48. The topological polar surface area (TPSA) is 71.1 Å². The quantitative estimate of drug-likeness (QED) is 0.311. The average molecular weight is 512 g/mol. The molecule has 0 atom stereocenters. The monoisotopic (exact) mass is 511 g/mol. The third kappa shape index (κ3) is 5.72. The summed E-state index contributed by atoms with van der Waals surface area (Å²) in [4.78, 5) is 29.2. The van der Waals surface area contributed by atoms with Gasteiger partial charge in [-0.25, -0.2) is 4.98 Å². The zero-order valence-electron chi connectivity index (χ0n) is 16.3. The second kappa shape index (κ2) is 10.1. The van der Waals surface area contributed by atoms with Gasteiger partial charge in [0.1, 0.15) is 0 Å². The second-order valence-electron chi connectivity index (χ2n) is 6.65. The number of hydrogen-bond acceptors (Lipinski definition) is 5. The van der Waals surface area contributed by atoms with Crippen molar-refractivity contribution >= 4 is 66.7 Å². The number of halogens is 1. The molecule has 8 heteroatoms. The van der Waals surface area contributed by atoms with Gasteiger partial charge in [0.2, 0.25) is 5.91 Å². The number of fused-ring (bicyclic) bond motifs is 1. The van der Waals surface area contributed by atoms with E-state index in [-0.39, 0.29) is 11.8 Å². The highest BCUT2D eigenvalue weighted by Crippen LogP contribution is 2.31. The minimum atomic E-state index is -0.180. The normalized spacial score (nSPS) is 10.7. The average Bonchev–Trinajstić information content (AvgIpc) is 3.19. The molecular weight excluding hydrogens is 494 g/mol. The van der Waals surface area contributed by atoms with Crippen LogP contribution in [0.2, 0.25) is 0 Å². The van der Waals surface area contributed by atoms with E-state index in [1.807, 2.05) is 66.7 Å². The molecule has 0 radical (unpaired) electrons. The highest BCUT2D eigenvalue weighted by Gasteiger charge is 2.12. The van der Waals surface area contributed by atoms with E-state index < -0.39 is 0 Å². The van der Waals surface area contributed by atoms with Crippen LogP contribution in [0.4, 0.5) is 5.69 Å². The van der Waals surface area contributed by atoms with E-state index >= 15 is 0 Å². The largest absolute Gasteiger partial charge is 0.351 e. The van der Waals surface area contributed by atoms with Crippen molar-refractivity contribution in [1.29, 1.82) is 0 Å². The Morgan fingerprint density at radius 3 is 2.58 bits per heavy atom. The van der Waals surface area contributed by atoms with Crippen molar-refractivity contribution in [1.82, 2.24) is 10.3 Å². The van der Waals surface area contributed by atoms with E-state index in [1.165, 1.54) is 23.1 Å². The lowest BCUT2D eigenvalue weighted by molar-refractivity contribution is -0.118. The number of thiazole rings is 1. The number of anilines is 1. The summed E-state index contributed by atoms with van der Waals surface area (Å²) in [5.74, 6) is 0.0914. The number of aromatic nitrogens is 1. The van der Waals surface area contributed by atoms with Crippen LogP contribution in [-0.4, -0.2) is 22.6 Å². The van der Waals surface area contributed by atoms with Gasteiger partial charge in [0.15, 0.2) is 4.34 Å². The van der Waals surface area contributed by atoms with Crippen molar-refractivity contribution in [3.05, 3.63) is 88.4 Å². The molecule has 3 aromatic carbocycles. The predicted molar refractivity (Wildman–Crippen MR) is 131 cm³/mol. The van der Waals surface area contributed by atoms with Crippen LogP contribution >= 0.6 is 39.0 Å². The first-order chi connectivity index (χ1) is 15.1. The zero-order valence-corrected chi connectivity index (χ0v) is 19.5. The number of hydrogen-bond donors (Lipinski definition) is 2.